The van der Waals surface area contributed by atoms with E-state index in [1.54, 1.807) is 0 Å². The molecular formula is C16H26Cl2N2. The molecule has 1 heterocycles. The number of aryl methyl sites for hydroxylation is 2. The van der Waals surface area contributed by atoms with Gasteiger partial charge in [-0.05, 0) is 31.4 Å². The van der Waals surface area contributed by atoms with E-state index in [2.05, 4.69) is 48.8 Å². The molecule has 1 N–H and O–H groups in total. The van der Waals surface area contributed by atoms with E-state index in [1.165, 1.54) is 16.7 Å². The Morgan fingerprint density at radius 3 is 2.45 bits per heavy atom. The van der Waals surface area contributed by atoms with E-state index in [1.807, 2.05) is 6.08 Å². The monoisotopic (exact) mass is 316 g/mol. The second kappa shape index (κ2) is 9.41. The lowest BCUT2D eigenvalue weighted by Gasteiger charge is -2.35. The van der Waals surface area contributed by atoms with Crippen molar-refractivity contribution >= 4 is 24.8 Å². The summed E-state index contributed by atoms with van der Waals surface area (Å²) in [4.78, 5) is 2.58. The van der Waals surface area contributed by atoms with Crippen molar-refractivity contribution in [1.29, 1.82) is 0 Å². The minimum absolute atomic E-state index is 0. The molecule has 1 atom stereocenters. The maximum atomic E-state index is 3.93. The van der Waals surface area contributed by atoms with Crippen molar-refractivity contribution in [2.75, 3.05) is 26.2 Å². The molecule has 1 aromatic carbocycles. The molecule has 1 aromatic rings. The maximum Gasteiger partial charge on any atom is 0.0386 e. The summed E-state index contributed by atoms with van der Waals surface area (Å²) in [5.41, 5.74) is 4.21. The Morgan fingerprint density at radius 2 is 1.90 bits per heavy atom. The minimum Gasteiger partial charge on any atom is -0.314 e. The number of halogens is 2. The van der Waals surface area contributed by atoms with Crippen LogP contribution in [0.4, 0.5) is 0 Å². The summed E-state index contributed by atoms with van der Waals surface area (Å²) in [6, 6.07) is 7.29. The highest BCUT2D eigenvalue weighted by atomic mass is 35.5. The summed E-state index contributed by atoms with van der Waals surface area (Å²) in [6.45, 7) is 12.8. The molecule has 2 rings (SSSR count). The van der Waals surface area contributed by atoms with Gasteiger partial charge < -0.3 is 5.32 Å². The van der Waals surface area contributed by atoms with Crippen LogP contribution in [0.15, 0.2) is 30.9 Å². The Balaban J connectivity index is 0.00000180. The van der Waals surface area contributed by atoms with Crippen molar-refractivity contribution in [2.45, 2.75) is 26.3 Å². The van der Waals surface area contributed by atoms with Gasteiger partial charge in [0, 0.05) is 32.2 Å². The molecule has 0 aliphatic carbocycles. The predicted octanol–water partition coefficient (Wildman–Crippen LogP) is 3.67. The molecule has 0 bridgehead atoms. The van der Waals surface area contributed by atoms with Crippen LogP contribution in [0.5, 0.6) is 0 Å². The van der Waals surface area contributed by atoms with E-state index in [0.29, 0.717) is 6.04 Å². The van der Waals surface area contributed by atoms with Crippen molar-refractivity contribution in [1.82, 2.24) is 10.2 Å². The van der Waals surface area contributed by atoms with Gasteiger partial charge in [-0.15, -0.1) is 31.4 Å². The Hall–Kier alpha value is -0.540. The van der Waals surface area contributed by atoms with Crippen LogP contribution in [0.1, 0.15) is 29.2 Å². The van der Waals surface area contributed by atoms with Crippen molar-refractivity contribution in [3.8, 4) is 0 Å². The highest BCUT2D eigenvalue weighted by molar-refractivity contribution is 5.85. The zero-order valence-corrected chi connectivity index (χ0v) is 14.0. The van der Waals surface area contributed by atoms with Crippen LogP contribution < -0.4 is 5.32 Å². The van der Waals surface area contributed by atoms with Gasteiger partial charge in [-0.2, -0.15) is 0 Å². The van der Waals surface area contributed by atoms with E-state index < -0.39 is 0 Å². The second-order valence-electron chi connectivity index (χ2n) is 5.19. The molecule has 0 saturated carbocycles. The van der Waals surface area contributed by atoms with Gasteiger partial charge in [0.1, 0.15) is 0 Å². The van der Waals surface area contributed by atoms with E-state index in [4.69, 9.17) is 0 Å². The normalized spacial score (nSPS) is 16.7. The lowest BCUT2D eigenvalue weighted by atomic mass is 9.95. The zero-order valence-electron chi connectivity index (χ0n) is 12.4. The number of hydrogen-bond acceptors (Lipinski definition) is 2. The molecule has 2 nitrogen and oxygen atoms in total. The van der Waals surface area contributed by atoms with Gasteiger partial charge in [-0.1, -0.05) is 29.8 Å². The van der Waals surface area contributed by atoms with Crippen LogP contribution in [0.2, 0.25) is 0 Å². The average molecular weight is 317 g/mol. The number of piperazine rings is 1. The summed E-state index contributed by atoms with van der Waals surface area (Å²) in [7, 11) is 0. The SMILES string of the molecule is C=CC[C@@H](c1ccc(C)cc1C)N1CCNCC1.Cl.Cl. The third-order valence-corrected chi connectivity index (χ3v) is 3.77. The minimum atomic E-state index is 0. The summed E-state index contributed by atoms with van der Waals surface area (Å²) >= 11 is 0. The number of hydrogen-bond donors (Lipinski definition) is 1. The van der Waals surface area contributed by atoms with Crippen LogP contribution in [0, 0.1) is 13.8 Å². The van der Waals surface area contributed by atoms with E-state index >= 15 is 0 Å². The van der Waals surface area contributed by atoms with Crippen LogP contribution in [0.3, 0.4) is 0 Å². The topological polar surface area (TPSA) is 15.3 Å². The summed E-state index contributed by atoms with van der Waals surface area (Å²) < 4.78 is 0. The lowest BCUT2D eigenvalue weighted by Crippen LogP contribution is -2.45. The highest BCUT2D eigenvalue weighted by Crippen LogP contribution is 2.28. The fourth-order valence-corrected chi connectivity index (χ4v) is 2.82. The first-order chi connectivity index (χ1) is 8.72. The number of rotatable bonds is 4. The van der Waals surface area contributed by atoms with Crippen molar-refractivity contribution in [2.24, 2.45) is 0 Å². The molecule has 20 heavy (non-hydrogen) atoms. The third kappa shape index (κ3) is 4.78. The fourth-order valence-electron chi connectivity index (χ4n) is 2.82. The third-order valence-electron chi connectivity index (χ3n) is 3.77. The first kappa shape index (κ1) is 19.5. The Morgan fingerprint density at radius 1 is 1.25 bits per heavy atom. The Kier molecular flexibility index (Phi) is 9.15. The molecule has 1 saturated heterocycles. The van der Waals surface area contributed by atoms with Gasteiger partial charge in [-0.3, -0.25) is 4.90 Å². The highest BCUT2D eigenvalue weighted by Gasteiger charge is 2.22. The molecule has 0 amide bonds. The molecule has 0 radical (unpaired) electrons. The molecule has 0 spiro atoms. The van der Waals surface area contributed by atoms with Gasteiger partial charge in [0.25, 0.3) is 0 Å². The smallest absolute Gasteiger partial charge is 0.0386 e. The van der Waals surface area contributed by atoms with Gasteiger partial charge in [0.15, 0.2) is 0 Å². The molecule has 4 heteroatoms. The van der Waals surface area contributed by atoms with Crippen molar-refractivity contribution < 1.29 is 0 Å². The summed E-state index contributed by atoms with van der Waals surface area (Å²) in [5.74, 6) is 0. The quantitative estimate of drug-likeness (QED) is 0.853. The van der Waals surface area contributed by atoms with Gasteiger partial charge in [0.05, 0.1) is 0 Å². The van der Waals surface area contributed by atoms with Gasteiger partial charge in [-0.25, -0.2) is 0 Å². The fraction of sp³-hybridized carbons (Fsp3) is 0.500. The predicted molar refractivity (Wildman–Crippen MR) is 92.4 cm³/mol. The molecule has 1 aliphatic heterocycles. The summed E-state index contributed by atoms with van der Waals surface area (Å²) in [6.07, 6.45) is 3.08. The summed E-state index contributed by atoms with van der Waals surface area (Å²) in [5, 5.41) is 3.42. The van der Waals surface area contributed by atoms with E-state index in [-0.39, 0.29) is 24.8 Å². The average Bonchev–Trinajstić information content (AvgIpc) is 2.38. The second-order valence-corrected chi connectivity index (χ2v) is 5.19. The van der Waals surface area contributed by atoms with E-state index in [0.717, 1.165) is 32.6 Å². The molecular weight excluding hydrogens is 291 g/mol. The molecule has 0 aromatic heterocycles. The molecule has 1 fully saturated rings. The molecule has 0 unspecified atom stereocenters. The molecule has 1 aliphatic rings. The first-order valence-electron chi connectivity index (χ1n) is 6.85. The number of benzene rings is 1. The lowest BCUT2D eigenvalue weighted by molar-refractivity contribution is 0.174. The first-order valence-corrected chi connectivity index (χ1v) is 6.85. The van der Waals surface area contributed by atoms with Gasteiger partial charge >= 0.3 is 0 Å². The van der Waals surface area contributed by atoms with Gasteiger partial charge in [0.2, 0.25) is 0 Å². The molecule has 114 valence electrons. The van der Waals surface area contributed by atoms with E-state index in [9.17, 15) is 0 Å². The van der Waals surface area contributed by atoms with Crippen LogP contribution in [-0.2, 0) is 0 Å². The van der Waals surface area contributed by atoms with Crippen LogP contribution in [0.25, 0.3) is 0 Å². The largest absolute Gasteiger partial charge is 0.314 e. The zero-order chi connectivity index (χ0) is 13.0. The number of nitrogens with zero attached hydrogens (tertiary/aromatic N) is 1. The van der Waals surface area contributed by atoms with Crippen LogP contribution >= 0.6 is 24.8 Å². The van der Waals surface area contributed by atoms with Crippen molar-refractivity contribution in [3.63, 3.8) is 0 Å². The Labute approximate surface area is 135 Å². The van der Waals surface area contributed by atoms with Crippen molar-refractivity contribution in [3.05, 3.63) is 47.5 Å². The Bertz CT molecular complexity index is 415. The number of nitrogens with one attached hydrogen (secondary N) is 1. The maximum absolute atomic E-state index is 3.93. The standard InChI is InChI=1S/C16H24N2.2ClH/c1-4-5-16(18-10-8-17-9-11-18)15-7-6-13(2)12-14(15)3;;/h4,6-7,12,16-17H,1,5,8-11H2,2-3H3;2*1H/t16-;;/m0../s1. The van der Waals surface area contributed by atoms with Crippen LogP contribution in [-0.4, -0.2) is 31.1 Å².